The number of carbonyl (C=O) groups excluding carboxylic acids is 1. The molecule has 1 aromatic carbocycles. The van der Waals surface area contributed by atoms with Crippen LogP contribution in [-0.4, -0.2) is 24.9 Å². The molecule has 0 saturated carbocycles. The Balaban J connectivity index is 1.86. The topological polar surface area (TPSA) is 56.8 Å². The van der Waals surface area contributed by atoms with Crippen molar-refractivity contribution in [3.63, 3.8) is 0 Å². The molecule has 1 aliphatic rings. The highest BCUT2D eigenvalue weighted by atomic mass is 16.8. The van der Waals surface area contributed by atoms with Gasteiger partial charge >= 0.3 is 5.97 Å². The molecule has 0 radical (unpaired) electrons. The summed E-state index contributed by atoms with van der Waals surface area (Å²) in [6, 6.07) is 9.75. The van der Waals surface area contributed by atoms with Gasteiger partial charge in [0.1, 0.15) is 6.04 Å². The van der Waals surface area contributed by atoms with Crippen molar-refractivity contribution in [3.05, 3.63) is 35.9 Å². The monoisotopic (exact) mass is 307 g/mol. The number of esters is 1. The van der Waals surface area contributed by atoms with Crippen molar-refractivity contribution in [3.8, 4) is 0 Å². The van der Waals surface area contributed by atoms with E-state index in [4.69, 9.17) is 14.3 Å². The van der Waals surface area contributed by atoms with E-state index >= 15 is 0 Å². The lowest BCUT2D eigenvalue weighted by Crippen LogP contribution is -2.46. The van der Waals surface area contributed by atoms with Gasteiger partial charge in [-0.05, 0) is 25.3 Å². The maximum atomic E-state index is 11.6. The third-order valence-electron chi connectivity index (χ3n) is 3.64. The second-order valence-corrected chi connectivity index (χ2v) is 5.37. The van der Waals surface area contributed by atoms with E-state index in [0.717, 1.165) is 18.4 Å². The minimum absolute atomic E-state index is 0.0112. The second-order valence-electron chi connectivity index (χ2n) is 5.37. The molecule has 3 atom stereocenters. The zero-order chi connectivity index (χ0) is 15.8. The number of hydrogen-bond donors (Lipinski definition) is 1. The molecule has 5 heteroatoms. The van der Waals surface area contributed by atoms with Crippen LogP contribution in [0.3, 0.4) is 0 Å². The van der Waals surface area contributed by atoms with E-state index in [-0.39, 0.29) is 18.4 Å². The number of hydrogen-bond acceptors (Lipinski definition) is 5. The summed E-state index contributed by atoms with van der Waals surface area (Å²) in [5.74, 6) is -0.269. The fraction of sp³-hybridized carbons (Fsp3) is 0.588. The minimum atomic E-state index is -0.402. The Bertz CT molecular complexity index is 443. The fourth-order valence-electron chi connectivity index (χ4n) is 2.51. The molecule has 0 aliphatic carbocycles. The Labute approximate surface area is 131 Å². The van der Waals surface area contributed by atoms with E-state index in [1.165, 1.54) is 0 Å². The van der Waals surface area contributed by atoms with Gasteiger partial charge in [0.05, 0.1) is 12.7 Å². The lowest BCUT2D eigenvalue weighted by atomic mass is 10.0. The van der Waals surface area contributed by atoms with Gasteiger partial charge in [0, 0.05) is 6.42 Å². The number of carbonyl (C=O) groups is 1. The predicted molar refractivity (Wildman–Crippen MR) is 82.8 cm³/mol. The molecule has 1 aromatic rings. The first-order valence-electron chi connectivity index (χ1n) is 8.02. The van der Waals surface area contributed by atoms with Gasteiger partial charge in [-0.15, -0.1) is 0 Å². The SMILES string of the molecule is CCC[C@H](O[C@H]1CC[C@@H](C(=O)OCC)NO1)c1ccccc1. The van der Waals surface area contributed by atoms with Crippen LogP contribution in [0.2, 0.25) is 0 Å². The van der Waals surface area contributed by atoms with E-state index in [9.17, 15) is 4.79 Å². The quantitative estimate of drug-likeness (QED) is 0.784. The highest BCUT2D eigenvalue weighted by Crippen LogP contribution is 2.27. The van der Waals surface area contributed by atoms with Gasteiger partial charge in [-0.1, -0.05) is 43.7 Å². The van der Waals surface area contributed by atoms with E-state index in [1.54, 1.807) is 6.92 Å². The first kappa shape index (κ1) is 16.9. The normalized spacial score (nSPS) is 23.0. The third-order valence-corrected chi connectivity index (χ3v) is 3.64. The lowest BCUT2D eigenvalue weighted by Gasteiger charge is -2.31. The summed E-state index contributed by atoms with van der Waals surface area (Å²) in [6.07, 6.45) is 2.95. The fourth-order valence-corrected chi connectivity index (χ4v) is 2.51. The van der Waals surface area contributed by atoms with Crippen LogP contribution in [0.4, 0.5) is 0 Å². The number of hydroxylamine groups is 1. The largest absolute Gasteiger partial charge is 0.465 e. The number of rotatable bonds is 7. The van der Waals surface area contributed by atoms with Crippen molar-refractivity contribution >= 4 is 5.97 Å². The third kappa shape index (κ3) is 4.80. The van der Waals surface area contributed by atoms with Gasteiger partial charge < -0.3 is 9.47 Å². The van der Waals surface area contributed by atoms with Crippen LogP contribution in [0.15, 0.2) is 30.3 Å². The van der Waals surface area contributed by atoms with Gasteiger partial charge in [0.2, 0.25) is 0 Å². The molecule has 1 N–H and O–H groups in total. The zero-order valence-corrected chi connectivity index (χ0v) is 13.3. The summed E-state index contributed by atoms with van der Waals surface area (Å²) in [4.78, 5) is 17.1. The van der Waals surface area contributed by atoms with Crippen LogP contribution in [0, 0.1) is 0 Å². The van der Waals surface area contributed by atoms with Gasteiger partial charge in [0.15, 0.2) is 6.29 Å². The maximum absolute atomic E-state index is 11.6. The van der Waals surface area contributed by atoms with Gasteiger partial charge in [-0.25, -0.2) is 0 Å². The summed E-state index contributed by atoms with van der Waals surface area (Å²) >= 11 is 0. The van der Waals surface area contributed by atoms with Crippen molar-refractivity contribution in [2.75, 3.05) is 6.61 Å². The molecule has 0 bridgehead atoms. The Morgan fingerprint density at radius 1 is 1.32 bits per heavy atom. The molecule has 0 spiro atoms. The van der Waals surface area contributed by atoms with Gasteiger partial charge in [-0.3, -0.25) is 9.63 Å². The average Bonchev–Trinajstić information content (AvgIpc) is 2.56. The minimum Gasteiger partial charge on any atom is -0.465 e. The molecule has 0 aromatic heterocycles. The predicted octanol–water partition coefficient (Wildman–Crippen LogP) is 3.12. The van der Waals surface area contributed by atoms with E-state index in [0.29, 0.717) is 19.4 Å². The molecule has 1 heterocycles. The molecule has 0 amide bonds. The Kier molecular flexibility index (Phi) is 6.83. The summed E-state index contributed by atoms with van der Waals surface area (Å²) in [7, 11) is 0. The molecule has 0 unspecified atom stereocenters. The summed E-state index contributed by atoms with van der Waals surface area (Å²) in [5, 5.41) is 0. The Hall–Kier alpha value is -1.43. The number of nitrogens with one attached hydrogen (secondary N) is 1. The van der Waals surface area contributed by atoms with Crippen molar-refractivity contribution in [1.29, 1.82) is 0 Å². The van der Waals surface area contributed by atoms with Crippen molar-refractivity contribution in [2.24, 2.45) is 0 Å². The maximum Gasteiger partial charge on any atom is 0.325 e. The van der Waals surface area contributed by atoms with E-state index in [2.05, 4.69) is 24.5 Å². The molecule has 2 rings (SSSR count). The summed E-state index contributed by atoms with van der Waals surface area (Å²) < 4.78 is 11.1. The smallest absolute Gasteiger partial charge is 0.325 e. The molecule has 1 aliphatic heterocycles. The van der Waals surface area contributed by atoms with E-state index in [1.807, 2.05) is 18.2 Å². The molecule has 1 saturated heterocycles. The molecule has 22 heavy (non-hydrogen) atoms. The summed E-state index contributed by atoms with van der Waals surface area (Å²) in [5.41, 5.74) is 3.91. The number of benzene rings is 1. The molecule has 1 fully saturated rings. The van der Waals surface area contributed by atoms with Crippen molar-refractivity contribution in [1.82, 2.24) is 5.48 Å². The molecular formula is C17H25NO4. The Morgan fingerprint density at radius 3 is 2.68 bits per heavy atom. The molecular weight excluding hydrogens is 282 g/mol. The average molecular weight is 307 g/mol. The van der Waals surface area contributed by atoms with Crippen LogP contribution in [0.25, 0.3) is 0 Å². The van der Waals surface area contributed by atoms with Crippen LogP contribution in [0.1, 0.15) is 51.2 Å². The van der Waals surface area contributed by atoms with Crippen LogP contribution >= 0.6 is 0 Å². The van der Waals surface area contributed by atoms with E-state index < -0.39 is 6.04 Å². The van der Waals surface area contributed by atoms with Gasteiger partial charge in [0.25, 0.3) is 0 Å². The molecule has 5 nitrogen and oxygen atoms in total. The Morgan fingerprint density at radius 2 is 2.09 bits per heavy atom. The standard InChI is InChI=1S/C17H25NO4/c1-3-8-15(13-9-6-5-7-10-13)21-16-12-11-14(18-22-16)17(19)20-4-2/h5-7,9-10,14-16,18H,3-4,8,11-12H2,1-2H3/t14-,15-,16+/m0/s1. The van der Waals surface area contributed by atoms with Crippen LogP contribution in [-0.2, 0) is 19.1 Å². The second kappa shape index (κ2) is 8.88. The highest BCUT2D eigenvalue weighted by molar-refractivity contribution is 5.75. The van der Waals surface area contributed by atoms with Crippen LogP contribution < -0.4 is 5.48 Å². The highest BCUT2D eigenvalue weighted by Gasteiger charge is 2.29. The van der Waals surface area contributed by atoms with Crippen LogP contribution in [0.5, 0.6) is 0 Å². The number of ether oxygens (including phenoxy) is 2. The first-order valence-corrected chi connectivity index (χ1v) is 8.02. The zero-order valence-electron chi connectivity index (χ0n) is 13.3. The lowest BCUT2D eigenvalue weighted by molar-refractivity contribution is -0.235. The van der Waals surface area contributed by atoms with Gasteiger partial charge in [-0.2, -0.15) is 5.48 Å². The first-order chi connectivity index (χ1) is 10.7. The summed E-state index contributed by atoms with van der Waals surface area (Å²) in [6.45, 7) is 4.31. The van der Waals surface area contributed by atoms with Crippen molar-refractivity contribution in [2.45, 2.75) is 58.0 Å². The molecule has 122 valence electrons. The van der Waals surface area contributed by atoms with Crippen molar-refractivity contribution < 1.29 is 19.1 Å².